The standard InChI is InChI=1S/C13H10BrClN2S/c1-17(7-9-5-13(14)18-8-9)12-4-2-3-11(15)10(12)6-16/h2-5,8H,7H2,1H3. The van der Waals surface area contributed by atoms with E-state index in [-0.39, 0.29) is 0 Å². The van der Waals surface area contributed by atoms with Gasteiger partial charge in [0.05, 0.1) is 20.1 Å². The smallest absolute Gasteiger partial charge is 0.103 e. The number of halogens is 2. The molecule has 0 atom stereocenters. The van der Waals surface area contributed by atoms with Crippen LogP contribution in [0.2, 0.25) is 5.02 Å². The van der Waals surface area contributed by atoms with E-state index in [4.69, 9.17) is 16.9 Å². The van der Waals surface area contributed by atoms with Crippen molar-refractivity contribution in [3.63, 3.8) is 0 Å². The van der Waals surface area contributed by atoms with Crippen LogP contribution in [0, 0.1) is 11.3 Å². The largest absolute Gasteiger partial charge is 0.369 e. The number of nitrogens with zero attached hydrogens (tertiary/aromatic N) is 2. The molecule has 0 radical (unpaired) electrons. The van der Waals surface area contributed by atoms with Crippen LogP contribution in [-0.4, -0.2) is 7.05 Å². The molecule has 0 fully saturated rings. The van der Waals surface area contributed by atoms with Crippen molar-refractivity contribution in [2.24, 2.45) is 0 Å². The van der Waals surface area contributed by atoms with Gasteiger partial charge in [0, 0.05) is 13.6 Å². The van der Waals surface area contributed by atoms with Crippen LogP contribution in [0.3, 0.4) is 0 Å². The van der Waals surface area contributed by atoms with Crippen molar-refractivity contribution >= 4 is 44.6 Å². The molecule has 1 aromatic carbocycles. The Morgan fingerprint density at radius 2 is 2.28 bits per heavy atom. The monoisotopic (exact) mass is 340 g/mol. The second-order valence-corrected chi connectivity index (χ2v) is 6.56. The van der Waals surface area contributed by atoms with E-state index in [1.54, 1.807) is 17.4 Å². The van der Waals surface area contributed by atoms with Gasteiger partial charge in [0.2, 0.25) is 0 Å². The molecule has 1 heterocycles. The molecule has 1 aromatic heterocycles. The summed E-state index contributed by atoms with van der Waals surface area (Å²) in [6.45, 7) is 0.747. The highest BCUT2D eigenvalue weighted by molar-refractivity contribution is 9.11. The number of rotatable bonds is 3. The first-order valence-corrected chi connectivity index (χ1v) is 7.29. The van der Waals surface area contributed by atoms with E-state index < -0.39 is 0 Å². The highest BCUT2D eigenvalue weighted by Gasteiger charge is 2.11. The molecule has 0 saturated carbocycles. The van der Waals surface area contributed by atoms with E-state index in [1.165, 1.54) is 5.56 Å². The molecule has 2 nitrogen and oxygen atoms in total. The summed E-state index contributed by atoms with van der Waals surface area (Å²) in [4.78, 5) is 2.03. The molecule has 0 aliphatic rings. The van der Waals surface area contributed by atoms with E-state index in [0.29, 0.717) is 10.6 Å². The molecule has 5 heteroatoms. The maximum absolute atomic E-state index is 9.15. The maximum Gasteiger partial charge on any atom is 0.103 e. The third kappa shape index (κ3) is 2.86. The van der Waals surface area contributed by atoms with Crippen molar-refractivity contribution in [2.45, 2.75) is 6.54 Å². The molecule has 0 saturated heterocycles. The number of thiophene rings is 1. The normalized spacial score (nSPS) is 10.1. The number of anilines is 1. The molecule has 0 spiro atoms. The molecular weight excluding hydrogens is 332 g/mol. The Hall–Kier alpha value is -1.02. The Morgan fingerprint density at radius 3 is 2.89 bits per heavy atom. The number of benzene rings is 1. The number of hydrogen-bond donors (Lipinski definition) is 0. The predicted molar refractivity (Wildman–Crippen MR) is 80.3 cm³/mol. The zero-order chi connectivity index (χ0) is 13.1. The Morgan fingerprint density at radius 1 is 1.50 bits per heavy atom. The van der Waals surface area contributed by atoms with Crippen molar-refractivity contribution < 1.29 is 0 Å². The number of nitriles is 1. The van der Waals surface area contributed by atoms with Crippen LogP contribution in [0.15, 0.2) is 33.4 Å². The van der Waals surface area contributed by atoms with Crippen LogP contribution in [0.4, 0.5) is 5.69 Å². The molecule has 0 aliphatic carbocycles. The molecule has 0 unspecified atom stereocenters. The topological polar surface area (TPSA) is 27.0 Å². The first-order chi connectivity index (χ1) is 8.61. The SMILES string of the molecule is CN(Cc1csc(Br)c1)c1cccc(Cl)c1C#N. The van der Waals surface area contributed by atoms with Crippen LogP contribution in [-0.2, 0) is 6.54 Å². The fraction of sp³-hybridized carbons (Fsp3) is 0.154. The molecule has 2 rings (SSSR count). The van der Waals surface area contributed by atoms with Crippen LogP contribution < -0.4 is 4.90 Å². The Labute approximate surface area is 124 Å². The Bertz CT molecular complexity index is 603. The summed E-state index contributed by atoms with van der Waals surface area (Å²) in [5.41, 5.74) is 2.58. The van der Waals surface area contributed by atoms with Crippen molar-refractivity contribution in [3.8, 4) is 6.07 Å². The molecule has 0 bridgehead atoms. The first-order valence-electron chi connectivity index (χ1n) is 5.24. The number of hydrogen-bond acceptors (Lipinski definition) is 3. The lowest BCUT2D eigenvalue weighted by Crippen LogP contribution is -2.17. The van der Waals surface area contributed by atoms with Gasteiger partial charge in [0.1, 0.15) is 6.07 Å². The minimum atomic E-state index is 0.494. The first kappa shape index (κ1) is 13.4. The van der Waals surface area contributed by atoms with Gasteiger partial charge in [-0.2, -0.15) is 5.26 Å². The lowest BCUT2D eigenvalue weighted by molar-refractivity contribution is 0.925. The van der Waals surface area contributed by atoms with Gasteiger partial charge in [0.25, 0.3) is 0 Å². The zero-order valence-electron chi connectivity index (χ0n) is 9.65. The van der Waals surface area contributed by atoms with E-state index >= 15 is 0 Å². The fourth-order valence-electron chi connectivity index (χ4n) is 1.73. The average Bonchev–Trinajstić information content (AvgIpc) is 2.74. The quantitative estimate of drug-likeness (QED) is 0.811. The van der Waals surface area contributed by atoms with Gasteiger partial charge in [0.15, 0.2) is 0 Å². The maximum atomic E-state index is 9.15. The lowest BCUT2D eigenvalue weighted by Gasteiger charge is -2.20. The van der Waals surface area contributed by atoms with Gasteiger partial charge in [-0.25, -0.2) is 0 Å². The molecule has 0 amide bonds. The second-order valence-electron chi connectivity index (χ2n) is 3.86. The van der Waals surface area contributed by atoms with Crippen LogP contribution >= 0.6 is 38.9 Å². The van der Waals surface area contributed by atoms with Gasteiger partial charge < -0.3 is 4.90 Å². The van der Waals surface area contributed by atoms with Crippen LogP contribution in [0.5, 0.6) is 0 Å². The second kappa shape index (κ2) is 5.75. The minimum absolute atomic E-state index is 0.494. The molecule has 92 valence electrons. The fourth-order valence-corrected chi connectivity index (χ4v) is 3.14. The highest BCUT2D eigenvalue weighted by Crippen LogP contribution is 2.28. The third-order valence-corrected chi connectivity index (χ3v) is 4.42. The van der Waals surface area contributed by atoms with E-state index in [2.05, 4.69) is 33.4 Å². The van der Waals surface area contributed by atoms with E-state index in [9.17, 15) is 0 Å². The summed E-state index contributed by atoms with van der Waals surface area (Å²) in [6, 6.07) is 9.74. The van der Waals surface area contributed by atoms with Crippen LogP contribution in [0.1, 0.15) is 11.1 Å². The molecule has 2 aromatic rings. The van der Waals surface area contributed by atoms with Crippen molar-refractivity contribution in [1.29, 1.82) is 5.26 Å². The van der Waals surface area contributed by atoms with Gasteiger partial charge in [-0.3, -0.25) is 0 Å². The van der Waals surface area contributed by atoms with Gasteiger partial charge in [-0.05, 0) is 45.1 Å². The van der Waals surface area contributed by atoms with Crippen molar-refractivity contribution in [2.75, 3.05) is 11.9 Å². The van der Waals surface area contributed by atoms with Crippen molar-refractivity contribution in [3.05, 3.63) is 49.6 Å². The Kier molecular flexibility index (Phi) is 4.28. The molecule has 18 heavy (non-hydrogen) atoms. The van der Waals surface area contributed by atoms with Crippen molar-refractivity contribution in [1.82, 2.24) is 0 Å². The van der Waals surface area contributed by atoms with E-state index in [0.717, 1.165) is 16.0 Å². The summed E-state index contributed by atoms with van der Waals surface area (Å²) in [5, 5.41) is 11.7. The summed E-state index contributed by atoms with van der Waals surface area (Å²) >= 11 is 11.1. The van der Waals surface area contributed by atoms with Gasteiger partial charge in [-0.15, -0.1) is 11.3 Å². The van der Waals surface area contributed by atoms with Gasteiger partial charge in [-0.1, -0.05) is 17.7 Å². The minimum Gasteiger partial charge on any atom is -0.369 e. The molecular formula is C13H10BrClN2S. The highest BCUT2D eigenvalue weighted by atomic mass is 79.9. The average molecular weight is 342 g/mol. The summed E-state index contributed by atoms with van der Waals surface area (Å²) in [7, 11) is 1.96. The van der Waals surface area contributed by atoms with Gasteiger partial charge >= 0.3 is 0 Å². The molecule has 0 N–H and O–H groups in total. The predicted octanol–water partition coefficient (Wildman–Crippen LogP) is 4.67. The summed E-state index contributed by atoms with van der Waals surface area (Å²) in [5.74, 6) is 0. The van der Waals surface area contributed by atoms with E-state index in [1.807, 2.05) is 24.1 Å². The zero-order valence-corrected chi connectivity index (χ0v) is 12.8. The Balaban J connectivity index is 2.27. The molecule has 0 aliphatic heterocycles. The lowest BCUT2D eigenvalue weighted by atomic mass is 10.1. The summed E-state index contributed by atoms with van der Waals surface area (Å²) < 4.78 is 1.11. The van der Waals surface area contributed by atoms with Crippen LogP contribution in [0.25, 0.3) is 0 Å². The third-order valence-electron chi connectivity index (χ3n) is 2.56. The summed E-state index contributed by atoms with van der Waals surface area (Å²) in [6.07, 6.45) is 0.